The van der Waals surface area contributed by atoms with Crippen LogP contribution in [0.25, 0.3) is 0 Å². The van der Waals surface area contributed by atoms with Gasteiger partial charge in [-0.15, -0.1) is 0 Å². The highest BCUT2D eigenvalue weighted by Crippen LogP contribution is 2.25. The molecule has 1 amide bonds. The van der Waals surface area contributed by atoms with Crippen molar-refractivity contribution in [1.29, 1.82) is 0 Å². The fourth-order valence-corrected chi connectivity index (χ4v) is 1.63. The topological polar surface area (TPSA) is 32.3 Å². The van der Waals surface area contributed by atoms with Crippen LogP contribution >= 0.6 is 0 Å². The molecule has 1 rings (SSSR count). The molecule has 1 fully saturated rings. The Labute approximate surface area is 93.0 Å². The molecule has 0 aromatic rings. The Balaban J connectivity index is 2.68. The van der Waals surface area contributed by atoms with E-state index in [1.807, 2.05) is 0 Å². The lowest BCUT2D eigenvalue weighted by molar-refractivity contribution is -0.170. The van der Waals surface area contributed by atoms with Crippen LogP contribution in [0.15, 0.2) is 0 Å². The molecule has 94 valence electrons. The zero-order chi connectivity index (χ0) is 12.6. The zero-order valence-electron chi connectivity index (χ0n) is 9.69. The van der Waals surface area contributed by atoms with Crippen LogP contribution in [0.4, 0.5) is 13.2 Å². The van der Waals surface area contributed by atoms with Crippen molar-refractivity contribution in [2.24, 2.45) is 5.41 Å². The van der Waals surface area contributed by atoms with Crippen molar-refractivity contribution in [3.8, 4) is 0 Å². The van der Waals surface area contributed by atoms with E-state index in [1.165, 1.54) is 4.90 Å². The fraction of sp³-hybridized carbons (Fsp3) is 0.900. The smallest absolute Gasteiger partial charge is 0.339 e. The molecule has 1 heterocycles. The number of amides is 1. The molecule has 1 atom stereocenters. The van der Waals surface area contributed by atoms with Gasteiger partial charge in [0.2, 0.25) is 5.91 Å². The number of nitrogens with zero attached hydrogens (tertiary/aromatic N) is 1. The molecule has 0 saturated carbocycles. The Morgan fingerprint density at radius 2 is 1.88 bits per heavy atom. The summed E-state index contributed by atoms with van der Waals surface area (Å²) in [4.78, 5) is 13.1. The van der Waals surface area contributed by atoms with Crippen molar-refractivity contribution in [1.82, 2.24) is 10.2 Å². The van der Waals surface area contributed by atoms with Gasteiger partial charge >= 0.3 is 6.18 Å². The van der Waals surface area contributed by atoms with Gasteiger partial charge in [-0.3, -0.25) is 4.79 Å². The molecule has 1 aliphatic heterocycles. The van der Waals surface area contributed by atoms with Gasteiger partial charge in [0.25, 0.3) is 0 Å². The summed E-state index contributed by atoms with van der Waals surface area (Å²) in [5.41, 5.74) is -0.631. The number of rotatable bonds is 0. The van der Waals surface area contributed by atoms with Gasteiger partial charge in [0.05, 0.1) is 0 Å². The summed E-state index contributed by atoms with van der Waals surface area (Å²) in [6.07, 6.45) is -4.29. The monoisotopic (exact) mass is 238 g/mol. The molecule has 0 aromatic carbocycles. The number of carbonyl (C=O) groups is 1. The van der Waals surface area contributed by atoms with Crippen LogP contribution in [-0.4, -0.2) is 42.7 Å². The molecule has 1 aliphatic rings. The molecule has 0 aliphatic carbocycles. The molecule has 0 unspecified atom stereocenters. The Morgan fingerprint density at radius 1 is 1.31 bits per heavy atom. The van der Waals surface area contributed by atoms with Crippen molar-refractivity contribution in [2.45, 2.75) is 33.0 Å². The van der Waals surface area contributed by atoms with E-state index in [1.54, 1.807) is 20.8 Å². The van der Waals surface area contributed by atoms with Gasteiger partial charge in [-0.1, -0.05) is 20.8 Å². The third-order valence-corrected chi connectivity index (χ3v) is 2.50. The first-order chi connectivity index (χ1) is 7.12. The minimum absolute atomic E-state index is 0.187. The average Bonchev–Trinajstić information content (AvgIpc) is 2.14. The van der Waals surface area contributed by atoms with E-state index >= 15 is 0 Å². The van der Waals surface area contributed by atoms with E-state index in [0.717, 1.165) is 0 Å². The number of nitrogens with one attached hydrogen (secondary N) is 1. The van der Waals surface area contributed by atoms with Crippen LogP contribution in [0, 0.1) is 5.41 Å². The predicted molar refractivity (Wildman–Crippen MR) is 53.9 cm³/mol. The average molecular weight is 238 g/mol. The van der Waals surface area contributed by atoms with Gasteiger partial charge < -0.3 is 10.2 Å². The molecule has 3 nitrogen and oxygen atoms in total. The maximum Gasteiger partial charge on any atom is 0.405 e. The van der Waals surface area contributed by atoms with Gasteiger partial charge in [-0.2, -0.15) is 13.2 Å². The largest absolute Gasteiger partial charge is 0.405 e. The molecule has 6 heteroatoms. The molecular formula is C10H17F3N2O. The lowest BCUT2D eigenvalue weighted by atomic mass is 9.94. The first-order valence-corrected chi connectivity index (χ1v) is 5.22. The van der Waals surface area contributed by atoms with Gasteiger partial charge in [0.15, 0.2) is 0 Å². The van der Waals surface area contributed by atoms with Crippen molar-refractivity contribution >= 4 is 5.91 Å². The number of carbonyl (C=O) groups excluding carboxylic acids is 1. The summed E-state index contributed by atoms with van der Waals surface area (Å²) in [6, 6.07) is -1.60. The van der Waals surface area contributed by atoms with Gasteiger partial charge in [0, 0.05) is 25.0 Å². The van der Waals surface area contributed by atoms with Crippen LogP contribution in [0.2, 0.25) is 0 Å². The Bertz CT molecular complexity index is 270. The molecule has 0 aromatic heterocycles. The Morgan fingerprint density at radius 3 is 2.31 bits per heavy atom. The lowest BCUT2D eigenvalue weighted by Crippen LogP contribution is -2.59. The van der Waals surface area contributed by atoms with Crippen LogP contribution in [0.5, 0.6) is 0 Å². The molecule has 0 radical (unpaired) electrons. The molecule has 1 saturated heterocycles. The van der Waals surface area contributed by atoms with Crippen LogP contribution in [0.3, 0.4) is 0 Å². The third kappa shape index (κ3) is 3.10. The minimum atomic E-state index is -4.29. The number of hydrogen-bond donors (Lipinski definition) is 1. The lowest BCUT2D eigenvalue weighted by Gasteiger charge is -2.37. The maximum absolute atomic E-state index is 12.5. The van der Waals surface area contributed by atoms with E-state index in [4.69, 9.17) is 0 Å². The van der Waals surface area contributed by atoms with Crippen molar-refractivity contribution in [3.05, 3.63) is 0 Å². The van der Waals surface area contributed by atoms with E-state index in [9.17, 15) is 18.0 Å². The number of halogens is 3. The Kier molecular flexibility index (Phi) is 3.52. The van der Waals surface area contributed by atoms with Crippen molar-refractivity contribution in [2.75, 3.05) is 19.6 Å². The molecule has 16 heavy (non-hydrogen) atoms. The second kappa shape index (κ2) is 4.24. The van der Waals surface area contributed by atoms with Crippen LogP contribution < -0.4 is 5.32 Å². The minimum Gasteiger partial charge on any atom is -0.339 e. The SMILES string of the molecule is CC(C)(C)C(=O)N1CCN[C@@H](C(F)(F)F)C1. The van der Waals surface area contributed by atoms with Crippen LogP contribution in [0.1, 0.15) is 20.8 Å². The standard InChI is InChI=1S/C10H17F3N2O/c1-9(2,3)8(16)15-5-4-14-7(6-15)10(11,12)13/h7,14H,4-6H2,1-3H3/t7-/m1/s1. The second-order valence-corrected chi connectivity index (χ2v) is 5.05. The highest BCUT2D eigenvalue weighted by Gasteiger charge is 2.43. The fourth-order valence-electron chi connectivity index (χ4n) is 1.63. The number of hydrogen-bond acceptors (Lipinski definition) is 2. The van der Waals surface area contributed by atoms with Crippen molar-refractivity contribution in [3.63, 3.8) is 0 Å². The first-order valence-electron chi connectivity index (χ1n) is 5.22. The predicted octanol–water partition coefficient (Wildman–Crippen LogP) is 1.40. The molecular weight excluding hydrogens is 221 g/mol. The summed E-state index contributed by atoms with van der Waals surface area (Å²) in [5, 5.41) is 2.38. The first kappa shape index (κ1) is 13.3. The number of piperazine rings is 1. The normalized spacial score (nSPS) is 23.4. The van der Waals surface area contributed by atoms with Gasteiger partial charge in [0.1, 0.15) is 6.04 Å². The highest BCUT2D eigenvalue weighted by molar-refractivity contribution is 5.81. The summed E-state index contributed by atoms with van der Waals surface area (Å²) in [6.45, 7) is 5.36. The summed E-state index contributed by atoms with van der Waals surface area (Å²) in [5.74, 6) is -0.233. The van der Waals surface area contributed by atoms with E-state index in [0.29, 0.717) is 6.54 Å². The number of alkyl halides is 3. The second-order valence-electron chi connectivity index (χ2n) is 5.05. The molecule has 0 spiro atoms. The molecule has 0 bridgehead atoms. The van der Waals surface area contributed by atoms with E-state index < -0.39 is 17.6 Å². The maximum atomic E-state index is 12.5. The van der Waals surface area contributed by atoms with E-state index in [-0.39, 0.29) is 19.0 Å². The molecule has 1 N–H and O–H groups in total. The highest BCUT2D eigenvalue weighted by atomic mass is 19.4. The summed E-state index contributed by atoms with van der Waals surface area (Å²) in [7, 11) is 0. The van der Waals surface area contributed by atoms with Crippen LogP contribution in [-0.2, 0) is 4.79 Å². The Hall–Kier alpha value is -0.780. The summed E-state index contributed by atoms with van der Waals surface area (Å²) < 4.78 is 37.4. The van der Waals surface area contributed by atoms with Gasteiger partial charge in [-0.25, -0.2) is 0 Å². The van der Waals surface area contributed by atoms with Gasteiger partial charge in [-0.05, 0) is 0 Å². The quantitative estimate of drug-likeness (QED) is 0.691. The zero-order valence-corrected chi connectivity index (χ0v) is 9.69. The van der Waals surface area contributed by atoms with E-state index in [2.05, 4.69) is 5.32 Å². The van der Waals surface area contributed by atoms with Crippen molar-refractivity contribution < 1.29 is 18.0 Å². The third-order valence-electron chi connectivity index (χ3n) is 2.50. The summed E-state index contributed by atoms with van der Waals surface area (Å²) >= 11 is 0.